The average Bonchev–Trinajstić information content (AvgIpc) is 2.40. The summed E-state index contributed by atoms with van der Waals surface area (Å²) >= 11 is 0. The Morgan fingerprint density at radius 1 is 1.39 bits per heavy atom. The quantitative estimate of drug-likeness (QED) is 0.792. The first-order chi connectivity index (χ1) is 8.76. The Bertz CT molecular complexity index is 685. The van der Waals surface area contributed by atoms with Gasteiger partial charge in [-0.2, -0.15) is 0 Å². The molecule has 92 valence electrons. The van der Waals surface area contributed by atoms with Crippen molar-refractivity contribution >= 4 is 17.7 Å². The number of allylic oxidation sites excluding steroid dienone is 5. The van der Waals surface area contributed by atoms with Crippen LogP contribution < -0.4 is 16.1 Å². The normalized spacial score (nSPS) is 16.8. The maximum absolute atomic E-state index is 12.0. The van der Waals surface area contributed by atoms with Crippen molar-refractivity contribution < 1.29 is 4.42 Å². The molecular formula is C16H16O2. The molecule has 0 aromatic carbocycles. The molecule has 2 rings (SSSR count). The van der Waals surface area contributed by atoms with E-state index in [9.17, 15) is 4.79 Å². The molecule has 2 nitrogen and oxygen atoms in total. The average molecular weight is 240 g/mol. The maximum atomic E-state index is 12.0. The Labute approximate surface area is 106 Å². The van der Waals surface area contributed by atoms with Gasteiger partial charge in [0.25, 0.3) is 0 Å². The molecule has 18 heavy (non-hydrogen) atoms. The van der Waals surface area contributed by atoms with Crippen molar-refractivity contribution in [3.63, 3.8) is 0 Å². The van der Waals surface area contributed by atoms with Gasteiger partial charge in [0.05, 0.1) is 5.22 Å². The second kappa shape index (κ2) is 5.50. The van der Waals surface area contributed by atoms with E-state index in [0.29, 0.717) is 16.4 Å². The van der Waals surface area contributed by atoms with Crippen LogP contribution in [-0.2, 0) is 0 Å². The molecule has 0 bridgehead atoms. The first-order valence-electron chi connectivity index (χ1n) is 6.06. The lowest BCUT2D eigenvalue weighted by Crippen LogP contribution is -2.38. The molecular weight excluding hydrogens is 224 g/mol. The monoisotopic (exact) mass is 240 g/mol. The number of hydrogen-bond donors (Lipinski definition) is 0. The predicted octanol–water partition coefficient (Wildman–Crippen LogP) is 2.14. The Morgan fingerprint density at radius 3 is 2.83 bits per heavy atom. The van der Waals surface area contributed by atoms with E-state index in [1.54, 1.807) is 24.3 Å². The molecule has 0 radical (unpaired) electrons. The third-order valence-electron chi connectivity index (χ3n) is 2.85. The van der Waals surface area contributed by atoms with Crippen molar-refractivity contribution in [2.24, 2.45) is 0 Å². The van der Waals surface area contributed by atoms with Crippen LogP contribution in [0.3, 0.4) is 0 Å². The molecule has 1 aromatic heterocycles. The molecule has 0 unspecified atom stereocenters. The third kappa shape index (κ3) is 2.43. The maximum Gasteiger partial charge on any atom is 0.192 e. The van der Waals surface area contributed by atoms with Crippen LogP contribution in [0.4, 0.5) is 0 Å². The molecule has 0 N–H and O–H groups in total. The summed E-state index contributed by atoms with van der Waals surface area (Å²) in [4.78, 5) is 12.0. The van der Waals surface area contributed by atoms with Crippen LogP contribution in [0, 0.1) is 0 Å². The second-order valence-corrected chi connectivity index (χ2v) is 4.08. The Morgan fingerprint density at radius 2 is 2.22 bits per heavy atom. The van der Waals surface area contributed by atoms with Crippen LogP contribution >= 0.6 is 0 Å². The molecule has 1 aliphatic carbocycles. The lowest BCUT2D eigenvalue weighted by molar-refractivity contribution is 0.495. The molecule has 0 amide bonds. The smallest absolute Gasteiger partial charge is 0.192 e. The van der Waals surface area contributed by atoms with Gasteiger partial charge in [0, 0.05) is 11.6 Å². The van der Waals surface area contributed by atoms with Crippen molar-refractivity contribution in [3.05, 3.63) is 63.6 Å². The first kappa shape index (κ1) is 12.4. The fraction of sp³-hybridized carbons (Fsp3) is 0.188. The lowest BCUT2D eigenvalue weighted by atomic mass is 10.0. The van der Waals surface area contributed by atoms with Gasteiger partial charge >= 0.3 is 0 Å². The minimum atomic E-state index is -0.0216. The molecule has 1 aromatic rings. The molecule has 1 heterocycles. The summed E-state index contributed by atoms with van der Waals surface area (Å²) in [5.41, 5.74) is 1.52. The van der Waals surface area contributed by atoms with E-state index in [2.05, 4.69) is 18.7 Å². The largest absolute Gasteiger partial charge is 0.456 e. The van der Waals surface area contributed by atoms with E-state index in [1.165, 1.54) is 0 Å². The SMILES string of the molecule is C=C/C=c1/oc(C2=CCCC=C2)cc(=O)/c1=C/C. The summed E-state index contributed by atoms with van der Waals surface area (Å²) in [5, 5.41) is 0.582. The van der Waals surface area contributed by atoms with Crippen molar-refractivity contribution in [1.82, 2.24) is 0 Å². The van der Waals surface area contributed by atoms with E-state index >= 15 is 0 Å². The van der Waals surface area contributed by atoms with Crippen LogP contribution in [0.2, 0.25) is 0 Å². The molecule has 1 aliphatic rings. The zero-order valence-corrected chi connectivity index (χ0v) is 10.5. The van der Waals surface area contributed by atoms with Crippen molar-refractivity contribution in [2.75, 3.05) is 0 Å². The van der Waals surface area contributed by atoms with Gasteiger partial charge in [-0.1, -0.05) is 37.0 Å². The van der Waals surface area contributed by atoms with Gasteiger partial charge in [-0.3, -0.25) is 4.79 Å². The summed E-state index contributed by atoms with van der Waals surface area (Å²) in [6, 6.07) is 1.55. The van der Waals surface area contributed by atoms with Crippen LogP contribution in [0.5, 0.6) is 0 Å². The van der Waals surface area contributed by atoms with Crippen LogP contribution in [0.25, 0.3) is 17.7 Å². The fourth-order valence-electron chi connectivity index (χ4n) is 1.97. The van der Waals surface area contributed by atoms with Gasteiger partial charge in [0.2, 0.25) is 0 Å². The molecule has 0 saturated heterocycles. The van der Waals surface area contributed by atoms with E-state index in [0.717, 1.165) is 18.4 Å². The van der Waals surface area contributed by atoms with E-state index in [1.807, 2.05) is 13.0 Å². The Hall–Kier alpha value is -2.09. The molecule has 0 spiro atoms. The van der Waals surface area contributed by atoms with Gasteiger partial charge in [-0.25, -0.2) is 0 Å². The molecule has 0 aliphatic heterocycles. The predicted molar refractivity (Wildman–Crippen MR) is 75.4 cm³/mol. The standard InChI is InChI=1S/C16H16O2/c1-3-8-15-13(4-2)14(17)11-16(18-15)12-9-6-5-7-10-12/h3-4,6,8-11H,1,5,7H2,2H3/b13-4-,15-8+. The van der Waals surface area contributed by atoms with E-state index in [-0.39, 0.29) is 5.43 Å². The van der Waals surface area contributed by atoms with Crippen LogP contribution in [0.15, 0.2) is 46.2 Å². The van der Waals surface area contributed by atoms with E-state index < -0.39 is 0 Å². The van der Waals surface area contributed by atoms with Gasteiger partial charge in [-0.15, -0.1) is 0 Å². The van der Waals surface area contributed by atoms with Gasteiger partial charge < -0.3 is 4.42 Å². The highest BCUT2D eigenvalue weighted by Gasteiger charge is 2.06. The Balaban J connectivity index is 2.70. The van der Waals surface area contributed by atoms with E-state index in [4.69, 9.17) is 4.42 Å². The first-order valence-corrected chi connectivity index (χ1v) is 6.06. The van der Waals surface area contributed by atoms with Gasteiger partial charge in [0.1, 0.15) is 11.2 Å². The minimum Gasteiger partial charge on any atom is -0.456 e. The molecule has 2 heteroatoms. The summed E-state index contributed by atoms with van der Waals surface area (Å²) in [7, 11) is 0. The third-order valence-corrected chi connectivity index (χ3v) is 2.85. The number of hydrogen-bond acceptors (Lipinski definition) is 2. The van der Waals surface area contributed by atoms with Crippen molar-refractivity contribution in [2.45, 2.75) is 19.8 Å². The number of rotatable bonds is 2. The summed E-state index contributed by atoms with van der Waals surface area (Å²) in [6.45, 7) is 5.47. The van der Waals surface area contributed by atoms with Crippen molar-refractivity contribution in [1.29, 1.82) is 0 Å². The highest BCUT2D eigenvalue weighted by atomic mass is 16.3. The fourth-order valence-corrected chi connectivity index (χ4v) is 1.97. The molecule has 0 atom stereocenters. The zero-order chi connectivity index (χ0) is 13.0. The molecule has 0 fully saturated rings. The zero-order valence-electron chi connectivity index (χ0n) is 10.5. The van der Waals surface area contributed by atoms with Gasteiger partial charge in [-0.05, 0) is 25.8 Å². The lowest BCUT2D eigenvalue weighted by Gasteiger charge is -2.05. The Kier molecular flexibility index (Phi) is 3.78. The summed E-state index contributed by atoms with van der Waals surface area (Å²) < 4.78 is 5.78. The molecule has 0 saturated carbocycles. The summed E-state index contributed by atoms with van der Waals surface area (Å²) in [6.07, 6.45) is 13.3. The van der Waals surface area contributed by atoms with Crippen LogP contribution in [-0.4, -0.2) is 0 Å². The topological polar surface area (TPSA) is 30.2 Å². The summed E-state index contributed by atoms with van der Waals surface area (Å²) in [5.74, 6) is 0.620. The van der Waals surface area contributed by atoms with Crippen LogP contribution in [0.1, 0.15) is 25.5 Å². The highest BCUT2D eigenvalue weighted by molar-refractivity contribution is 5.71. The minimum absolute atomic E-state index is 0.0216. The van der Waals surface area contributed by atoms with Crippen molar-refractivity contribution in [3.8, 4) is 0 Å². The second-order valence-electron chi connectivity index (χ2n) is 4.08. The van der Waals surface area contributed by atoms with Gasteiger partial charge in [0.15, 0.2) is 5.43 Å². The highest BCUT2D eigenvalue weighted by Crippen LogP contribution is 2.18.